The van der Waals surface area contributed by atoms with Crippen LogP contribution in [0.4, 0.5) is 27.8 Å². The molecule has 1 fully saturated rings. The monoisotopic (exact) mass is 488 g/mol. The molecule has 1 aromatic carbocycles. The maximum atomic E-state index is 14.4. The normalized spacial score (nSPS) is 28.4. The number of aromatic nitrogens is 1. The van der Waals surface area contributed by atoms with Crippen LogP contribution < -0.4 is 14.8 Å². The number of nitrogens with zero attached hydrogens (tertiary/aromatic N) is 1. The fourth-order valence-corrected chi connectivity index (χ4v) is 4.38. The Morgan fingerprint density at radius 2 is 1.91 bits per heavy atom. The minimum absolute atomic E-state index is 0.0229. The molecule has 0 aliphatic carbocycles. The number of benzene rings is 1. The molecular weight excluding hydrogens is 467 g/mol. The van der Waals surface area contributed by atoms with E-state index in [4.69, 9.17) is 14.2 Å². The van der Waals surface area contributed by atoms with Crippen LogP contribution in [0.3, 0.4) is 0 Å². The number of halogens is 5. The van der Waals surface area contributed by atoms with Crippen molar-refractivity contribution in [3.8, 4) is 11.6 Å². The molecule has 1 unspecified atom stereocenters. The number of hydrogen-bond donors (Lipinski definition) is 2. The molecule has 0 radical (unpaired) electrons. The average Bonchev–Trinajstić information content (AvgIpc) is 3.27. The standard InChI is InChI=1S/C22H21F5N2O5/c1-9-15(11-4-6-12(23)16(24)17(11)32-3)18(34-21(9,2)22(25,26)27)19(31)28-14-7-5-10-13(30)8-33-20(10)29-14/h4-7,9,13,15,18,30H,8H2,1-3H3,(H,28,29,31)/t9-,13?,15-,18+,21+/m0/s1. The van der Waals surface area contributed by atoms with Gasteiger partial charge in [0.2, 0.25) is 11.7 Å². The van der Waals surface area contributed by atoms with Gasteiger partial charge in [-0.1, -0.05) is 13.0 Å². The van der Waals surface area contributed by atoms with E-state index in [2.05, 4.69) is 10.3 Å². The third-order valence-corrected chi connectivity index (χ3v) is 6.45. The number of rotatable bonds is 4. The van der Waals surface area contributed by atoms with Crippen molar-refractivity contribution in [1.29, 1.82) is 0 Å². The lowest BCUT2D eigenvalue weighted by Gasteiger charge is -2.32. The number of ether oxygens (including phenoxy) is 3. The molecule has 2 aromatic rings. The van der Waals surface area contributed by atoms with Crippen molar-refractivity contribution < 1.29 is 46.1 Å². The Labute approximate surface area is 190 Å². The van der Waals surface area contributed by atoms with Gasteiger partial charge in [0.25, 0.3) is 5.91 Å². The number of aliphatic hydroxyl groups is 1. The van der Waals surface area contributed by atoms with Gasteiger partial charge >= 0.3 is 6.18 Å². The van der Waals surface area contributed by atoms with E-state index in [0.29, 0.717) is 5.56 Å². The second-order valence-electron chi connectivity index (χ2n) is 8.35. The summed E-state index contributed by atoms with van der Waals surface area (Å²) in [5.41, 5.74) is -2.51. The highest BCUT2D eigenvalue weighted by atomic mass is 19.4. The summed E-state index contributed by atoms with van der Waals surface area (Å²) in [6.45, 7) is 1.99. The number of nitrogens with one attached hydrogen (secondary N) is 1. The summed E-state index contributed by atoms with van der Waals surface area (Å²) in [5.74, 6) is -6.93. The minimum atomic E-state index is -4.87. The number of anilines is 1. The maximum Gasteiger partial charge on any atom is 0.417 e. The van der Waals surface area contributed by atoms with Gasteiger partial charge in [0.15, 0.2) is 17.2 Å². The van der Waals surface area contributed by atoms with Crippen LogP contribution >= 0.6 is 0 Å². The number of pyridine rings is 1. The van der Waals surface area contributed by atoms with E-state index in [1.165, 1.54) is 19.1 Å². The third kappa shape index (κ3) is 3.74. The quantitative estimate of drug-likeness (QED) is 0.636. The lowest BCUT2D eigenvalue weighted by Crippen LogP contribution is -2.47. The number of carbonyl (C=O) groups is 1. The SMILES string of the molecule is COc1c([C@H]2[C@H](C(=O)Nc3ccc4c(n3)OCC4O)O[C@@](C)(C(F)(F)F)[C@H]2C)ccc(F)c1F. The minimum Gasteiger partial charge on any atom is -0.493 e. The summed E-state index contributed by atoms with van der Waals surface area (Å²) < 4.78 is 85.6. The summed E-state index contributed by atoms with van der Waals surface area (Å²) in [6, 6.07) is 4.64. The Balaban J connectivity index is 1.73. The molecular formula is C22H21F5N2O5. The topological polar surface area (TPSA) is 89.9 Å². The molecule has 4 rings (SSSR count). The van der Waals surface area contributed by atoms with Gasteiger partial charge in [0, 0.05) is 23.0 Å². The van der Waals surface area contributed by atoms with Crippen LogP contribution in [-0.4, -0.2) is 47.6 Å². The van der Waals surface area contributed by atoms with Gasteiger partial charge in [0.05, 0.1) is 7.11 Å². The second kappa shape index (κ2) is 8.35. The fraction of sp³-hybridized carbons (Fsp3) is 0.455. The van der Waals surface area contributed by atoms with Crippen molar-refractivity contribution in [1.82, 2.24) is 4.98 Å². The third-order valence-electron chi connectivity index (χ3n) is 6.45. The average molecular weight is 488 g/mol. The molecule has 0 saturated carbocycles. The smallest absolute Gasteiger partial charge is 0.417 e. The molecule has 34 heavy (non-hydrogen) atoms. The Hall–Kier alpha value is -2.99. The number of alkyl halides is 3. The van der Waals surface area contributed by atoms with Gasteiger partial charge in [-0.3, -0.25) is 4.79 Å². The largest absolute Gasteiger partial charge is 0.493 e. The van der Waals surface area contributed by atoms with Crippen LogP contribution in [0.5, 0.6) is 11.6 Å². The molecule has 0 spiro atoms. The molecule has 12 heteroatoms. The van der Waals surface area contributed by atoms with E-state index < -0.39 is 59.1 Å². The summed E-state index contributed by atoms with van der Waals surface area (Å²) in [6.07, 6.45) is -7.51. The first kappa shape index (κ1) is 24.1. The summed E-state index contributed by atoms with van der Waals surface area (Å²) in [7, 11) is 1.04. The Morgan fingerprint density at radius 1 is 1.24 bits per heavy atom. The van der Waals surface area contributed by atoms with E-state index in [0.717, 1.165) is 26.2 Å². The van der Waals surface area contributed by atoms with Crippen molar-refractivity contribution >= 4 is 11.7 Å². The number of methoxy groups -OCH3 is 1. The Kier molecular flexibility index (Phi) is 5.93. The van der Waals surface area contributed by atoms with Crippen LogP contribution in [0, 0.1) is 17.6 Å². The van der Waals surface area contributed by atoms with Crippen LogP contribution in [0.2, 0.25) is 0 Å². The lowest BCUT2D eigenvalue weighted by atomic mass is 9.77. The molecule has 1 amide bonds. The fourth-order valence-electron chi connectivity index (χ4n) is 4.38. The van der Waals surface area contributed by atoms with Crippen molar-refractivity contribution in [3.05, 3.63) is 47.0 Å². The van der Waals surface area contributed by atoms with Crippen molar-refractivity contribution in [2.45, 2.75) is 43.8 Å². The Bertz CT molecular complexity index is 1130. The predicted molar refractivity (Wildman–Crippen MR) is 107 cm³/mol. The molecule has 2 aliphatic heterocycles. The van der Waals surface area contributed by atoms with Gasteiger partial charge in [-0.15, -0.1) is 0 Å². The molecule has 5 atom stereocenters. The van der Waals surface area contributed by atoms with E-state index in [9.17, 15) is 31.9 Å². The van der Waals surface area contributed by atoms with E-state index in [1.807, 2.05) is 0 Å². The zero-order valence-corrected chi connectivity index (χ0v) is 18.2. The first-order valence-electron chi connectivity index (χ1n) is 10.3. The van der Waals surface area contributed by atoms with E-state index in [1.54, 1.807) is 0 Å². The molecule has 3 heterocycles. The number of hydrogen-bond acceptors (Lipinski definition) is 6. The lowest BCUT2D eigenvalue weighted by molar-refractivity contribution is -0.272. The highest BCUT2D eigenvalue weighted by molar-refractivity contribution is 5.94. The highest BCUT2D eigenvalue weighted by Gasteiger charge is 2.66. The molecule has 7 nitrogen and oxygen atoms in total. The van der Waals surface area contributed by atoms with Gasteiger partial charge in [-0.25, -0.2) is 4.39 Å². The van der Waals surface area contributed by atoms with E-state index >= 15 is 0 Å². The molecule has 0 bridgehead atoms. The summed E-state index contributed by atoms with van der Waals surface area (Å²) >= 11 is 0. The first-order valence-corrected chi connectivity index (χ1v) is 10.3. The van der Waals surface area contributed by atoms with Gasteiger partial charge in [-0.05, 0) is 25.1 Å². The molecule has 184 valence electrons. The maximum absolute atomic E-state index is 14.4. The number of amides is 1. The molecule has 1 saturated heterocycles. The first-order chi connectivity index (χ1) is 15.9. The molecule has 2 aliphatic rings. The second-order valence-corrected chi connectivity index (χ2v) is 8.35. The Morgan fingerprint density at radius 3 is 2.56 bits per heavy atom. The van der Waals surface area contributed by atoms with Gasteiger partial charge < -0.3 is 24.6 Å². The number of carbonyl (C=O) groups excluding carboxylic acids is 1. The predicted octanol–water partition coefficient (Wildman–Crippen LogP) is 3.87. The van der Waals surface area contributed by atoms with Crippen LogP contribution in [-0.2, 0) is 9.53 Å². The zero-order valence-electron chi connectivity index (χ0n) is 18.2. The summed E-state index contributed by atoms with van der Waals surface area (Å²) in [5, 5.41) is 12.2. The van der Waals surface area contributed by atoms with Crippen molar-refractivity contribution in [2.75, 3.05) is 19.0 Å². The molecule has 2 N–H and O–H groups in total. The van der Waals surface area contributed by atoms with Gasteiger partial charge in [0.1, 0.15) is 24.6 Å². The van der Waals surface area contributed by atoms with Gasteiger partial charge in [-0.2, -0.15) is 22.5 Å². The van der Waals surface area contributed by atoms with Crippen LogP contribution in [0.1, 0.15) is 37.0 Å². The molecule has 1 aromatic heterocycles. The van der Waals surface area contributed by atoms with Crippen LogP contribution in [0.15, 0.2) is 24.3 Å². The zero-order chi connectivity index (χ0) is 25.0. The van der Waals surface area contributed by atoms with E-state index in [-0.39, 0.29) is 23.9 Å². The summed E-state index contributed by atoms with van der Waals surface area (Å²) in [4.78, 5) is 17.2. The number of fused-ring (bicyclic) bond motifs is 1. The van der Waals surface area contributed by atoms with Crippen LogP contribution in [0.25, 0.3) is 0 Å². The number of aliphatic hydroxyl groups excluding tert-OH is 1. The highest BCUT2D eigenvalue weighted by Crippen LogP contribution is 2.55. The van der Waals surface area contributed by atoms with Crippen molar-refractivity contribution in [3.63, 3.8) is 0 Å². The van der Waals surface area contributed by atoms with Crippen molar-refractivity contribution in [2.24, 2.45) is 5.92 Å².